The molecule has 4 aromatic carbocycles. The van der Waals surface area contributed by atoms with Crippen LogP contribution in [0.4, 0.5) is 0 Å². The third kappa shape index (κ3) is 5.64. The van der Waals surface area contributed by atoms with Crippen LogP contribution in [0, 0.1) is 0 Å². The standard InChI is InChI=1S/2C14H14O3/c2*1-9(14(15)16)10-3-4-12-8-13(17-2)6-5-11(12)7-10/h2*3-9H,1-2H3,(H,15,16)/i1D3,2D3,3D,4D,5D,6D,7D,8D,9D;1D3,2D3,9D. The lowest BCUT2D eigenvalue weighted by Crippen LogP contribution is -2.06. The first-order valence-electron chi connectivity index (χ1n) is 19.1. The molecule has 6 heteroatoms. The molecule has 0 bridgehead atoms. The molecule has 2 atom stereocenters. The van der Waals surface area contributed by atoms with Crippen molar-refractivity contribution in [1.82, 2.24) is 0 Å². The monoisotopic (exact) mass is 480 g/mol. The molecule has 0 aliphatic heterocycles. The zero-order chi connectivity index (χ0) is 41.9. The summed E-state index contributed by atoms with van der Waals surface area (Å²) >= 11 is 0. The van der Waals surface area contributed by atoms with Crippen LogP contribution in [0.2, 0.25) is 0 Å². The van der Waals surface area contributed by atoms with Gasteiger partial charge in [-0.25, -0.2) is 0 Å². The minimum Gasteiger partial charge on any atom is -0.497 e. The van der Waals surface area contributed by atoms with E-state index in [9.17, 15) is 19.8 Å². The molecule has 0 fully saturated rings. The summed E-state index contributed by atoms with van der Waals surface area (Å²) in [6.07, 6.45) is 0. The van der Waals surface area contributed by atoms with Crippen molar-refractivity contribution in [2.24, 2.45) is 0 Å². The maximum absolute atomic E-state index is 11.7. The molecule has 4 rings (SSSR count). The Labute approximate surface area is 226 Å². The van der Waals surface area contributed by atoms with Gasteiger partial charge in [-0.05, 0) is 70.6 Å². The molecule has 34 heavy (non-hydrogen) atoms. The van der Waals surface area contributed by atoms with Crippen LogP contribution in [-0.4, -0.2) is 36.2 Å². The number of hydrogen-bond acceptors (Lipinski definition) is 4. The number of carbonyl (C=O) groups is 2. The van der Waals surface area contributed by atoms with Gasteiger partial charge in [0.15, 0.2) is 0 Å². The van der Waals surface area contributed by atoms with Crippen molar-refractivity contribution in [3.8, 4) is 11.5 Å². The molecule has 176 valence electrons. The molecule has 4 aromatic rings. The number of aliphatic carboxylic acids is 2. The van der Waals surface area contributed by atoms with Crippen molar-refractivity contribution < 1.29 is 56.7 Å². The first-order valence-corrected chi connectivity index (χ1v) is 9.15. The fourth-order valence-electron chi connectivity index (χ4n) is 2.71. The highest BCUT2D eigenvalue weighted by Crippen LogP contribution is 2.26. The van der Waals surface area contributed by atoms with Gasteiger partial charge in [-0.2, -0.15) is 0 Å². The molecule has 0 amide bonds. The van der Waals surface area contributed by atoms with Gasteiger partial charge in [-0.15, -0.1) is 0 Å². The van der Waals surface area contributed by atoms with Gasteiger partial charge in [-0.3, -0.25) is 9.59 Å². The second-order valence-electron chi connectivity index (χ2n) is 6.49. The predicted molar refractivity (Wildman–Crippen MR) is 133 cm³/mol. The number of carboxylic acids is 2. The Morgan fingerprint density at radius 1 is 0.765 bits per heavy atom. The summed E-state index contributed by atoms with van der Waals surface area (Å²) in [7, 11) is -5.73. The average Bonchev–Trinajstić information content (AvgIpc) is 3.00. The summed E-state index contributed by atoms with van der Waals surface area (Å²) in [6.45, 7) is -6.64. The molecule has 2 N–H and O–H groups in total. The van der Waals surface area contributed by atoms with Crippen molar-refractivity contribution in [3.63, 3.8) is 0 Å². The second-order valence-corrected chi connectivity index (χ2v) is 6.49. The molecule has 0 spiro atoms. The van der Waals surface area contributed by atoms with Gasteiger partial charge in [0.2, 0.25) is 0 Å². The van der Waals surface area contributed by atoms with Crippen molar-refractivity contribution in [2.75, 3.05) is 14.1 Å². The number of fused-ring (bicyclic) bond motifs is 2. The fraction of sp³-hybridized carbons (Fsp3) is 0.214. The van der Waals surface area contributed by atoms with Gasteiger partial charge in [0.1, 0.15) is 11.5 Å². The van der Waals surface area contributed by atoms with Crippen LogP contribution in [0.3, 0.4) is 0 Å². The minimum atomic E-state index is -3.58. The molecule has 0 saturated heterocycles. The van der Waals surface area contributed by atoms with Crippen LogP contribution in [0.5, 0.6) is 11.5 Å². The summed E-state index contributed by atoms with van der Waals surface area (Å²) in [4.78, 5) is 23.1. The smallest absolute Gasteiger partial charge is 0.310 e. The largest absolute Gasteiger partial charge is 0.497 e. The highest BCUT2D eigenvalue weighted by atomic mass is 16.5. The number of carboxylic acid groups (broad SMARTS) is 2. The van der Waals surface area contributed by atoms with Crippen LogP contribution in [0.1, 0.15) is 64.0 Å². The summed E-state index contributed by atoms with van der Waals surface area (Å²) in [6, 6.07) is 2.13. The Morgan fingerprint density at radius 3 is 2.09 bits per heavy atom. The SMILES string of the molecule is [2H]C([2H])([2H])Oc1ccc2cc(C([2H])(C(=O)O)C([2H])([2H])[2H])ccc2c1.[2H]c1c(C([2H])(C(=O)O)C([2H])([2H])[2H])c([2H])c2c([2H])c([2H])c(OC([2H])([2H])[2H])c([2H])c2c1[2H]. The van der Waals surface area contributed by atoms with Crippen molar-refractivity contribution >= 4 is 33.5 Å². The van der Waals surface area contributed by atoms with Gasteiger partial charge < -0.3 is 19.7 Å². The summed E-state index contributed by atoms with van der Waals surface area (Å²) < 4.78 is 161. The number of rotatable bonds is 6. The third-order valence-electron chi connectivity index (χ3n) is 4.35. The average molecular weight is 481 g/mol. The highest BCUT2D eigenvalue weighted by molar-refractivity contribution is 5.87. The van der Waals surface area contributed by atoms with Crippen LogP contribution in [-0.2, 0) is 9.59 Å². The molecular formula is C28H28O6. The number of methoxy groups -OCH3 is 2. The van der Waals surface area contributed by atoms with Crippen LogP contribution >= 0.6 is 0 Å². The van der Waals surface area contributed by atoms with E-state index in [2.05, 4.69) is 4.74 Å². The van der Waals surface area contributed by atoms with Crippen LogP contribution in [0.25, 0.3) is 21.5 Å². The molecule has 0 aliphatic carbocycles. The third-order valence-corrected chi connectivity index (χ3v) is 4.35. The maximum atomic E-state index is 11.7. The summed E-state index contributed by atoms with van der Waals surface area (Å²) in [5.41, 5.74) is -1.39. The predicted octanol–water partition coefficient (Wildman–Crippen LogP) is 6.07. The van der Waals surface area contributed by atoms with Gasteiger partial charge in [0.05, 0.1) is 42.3 Å². The van der Waals surface area contributed by atoms with Crippen molar-refractivity contribution in [3.05, 3.63) is 83.8 Å². The second kappa shape index (κ2) is 10.7. The Kier molecular flexibility index (Phi) is 2.93. The van der Waals surface area contributed by atoms with Crippen LogP contribution in [0.15, 0.2) is 72.7 Å². The van der Waals surface area contributed by atoms with E-state index >= 15 is 0 Å². The zero-order valence-corrected chi connectivity index (χ0v) is 17.0. The number of benzene rings is 4. The highest BCUT2D eigenvalue weighted by Gasteiger charge is 2.14. The van der Waals surface area contributed by atoms with E-state index in [4.69, 9.17) is 32.2 Å². The molecule has 0 heterocycles. The maximum Gasteiger partial charge on any atom is 0.310 e. The summed E-state index contributed by atoms with van der Waals surface area (Å²) in [5, 5.41) is 18.2. The van der Waals surface area contributed by atoms with Gasteiger partial charge in [-0.1, -0.05) is 48.4 Å². The molecule has 6 nitrogen and oxygen atoms in total. The molecule has 0 aliphatic rings. The van der Waals surface area contributed by atoms with Gasteiger partial charge >= 0.3 is 11.9 Å². The van der Waals surface area contributed by atoms with Gasteiger partial charge in [0, 0.05) is 11.0 Å². The van der Waals surface area contributed by atoms with E-state index in [0.29, 0.717) is 10.8 Å². The van der Waals surface area contributed by atoms with Crippen LogP contribution < -0.4 is 9.47 Å². The van der Waals surface area contributed by atoms with E-state index in [1.54, 1.807) is 0 Å². The quantitative estimate of drug-likeness (QED) is 0.348. The Balaban J connectivity index is 0.000000297. The first-order chi connectivity index (χ1) is 24.2. The lowest BCUT2D eigenvalue weighted by molar-refractivity contribution is -0.139. The van der Waals surface area contributed by atoms with E-state index < -0.39 is 110 Å². The normalized spacial score (nSPS) is 24.2. The lowest BCUT2D eigenvalue weighted by Gasteiger charge is -2.08. The Hall–Kier alpha value is -4.06. The van der Waals surface area contributed by atoms with Gasteiger partial charge in [0.25, 0.3) is 0 Å². The fourth-order valence-corrected chi connectivity index (χ4v) is 2.71. The van der Waals surface area contributed by atoms with Crippen molar-refractivity contribution in [1.29, 1.82) is 0 Å². The molecule has 0 radical (unpaired) electrons. The van der Waals surface area contributed by atoms with E-state index in [-0.39, 0.29) is 11.3 Å². The first kappa shape index (κ1) is 9.29. The Morgan fingerprint density at radius 2 is 1.38 bits per heavy atom. The number of hydrogen-bond donors (Lipinski definition) is 2. The van der Waals surface area contributed by atoms with E-state index in [0.717, 1.165) is 0 Å². The lowest BCUT2D eigenvalue weighted by atomic mass is 9.98. The van der Waals surface area contributed by atoms with E-state index in [1.165, 1.54) is 36.4 Å². The van der Waals surface area contributed by atoms with Crippen molar-refractivity contribution in [2.45, 2.75) is 25.5 Å². The molecule has 0 aromatic heterocycles. The molecule has 0 saturated carbocycles. The zero-order valence-electron chi connectivity index (χ0n) is 37.0. The molecular weight excluding hydrogens is 432 g/mol. The van der Waals surface area contributed by atoms with E-state index in [1.807, 2.05) is 0 Å². The minimum absolute atomic E-state index is 0.0986. The molecule has 2 unspecified atom stereocenters. The topological polar surface area (TPSA) is 93.1 Å². The number of ether oxygens (including phenoxy) is 2. The Bertz CT molecular complexity index is 2140. The summed E-state index contributed by atoms with van der Waals surface area (Å²) in [5.74, 6) is -11.2.